The SMILES string of the molecule is CC[C@@H](C)N1C(=O)S/C(=C/c2ccccc2OCC(=O)Nc2ccc(F)cc2)C1=O. The summed E-state index contributed by atoms with van der Waals surface area (Å²) in [6.07, 6.45) is 2.27. The minimum absolute atomic E-state index is 0.176. The van der Waals surface area contributed by atoms with E-state index in [4.69, 9.17) is 4.74 Å². The van der Waals surface area contributed by atoms with Crippen LogP contribution in [0.3, 0.4) is 0 Å². The summed E-state index contributed by atoms with van der Waals surface area (Å²) in [5, 5.41) is 2.32. The maximum atomic E-state index is 13.0. The van der Waals surface area contributed by atoms with Crippen molar-refractivity contribution in [1.29, 1.82) is 0 Å². The van der Waals surface area contributed by atoms with E-state index in [9.17, 15) is 18.8 Å². The summed E-state index contributed by atoms with van der Waals surface area (Å²) in [6, 6.07) is 12.2. The molecule has 0 aliphatic carbocycles. The quantitative estimate of drug-likeness (QED) is 0.648. The molecule has 1 aliphatic rings. The average molecular weight is 428 g/mol. The average Bonchev–Trinajstić information content (AvgIpc) is 3.01. The maximum Gasteiger partial charge on any atom is 0.293 e. The smallest absolute Gasteiger partial charge is 0.293 e. The third-order valence-corrected chi connectivity index (χ3v) is 5.43. The van der Waals surface area contributed by atoms with Crippen molar-refractivity contribution in [2.75, 3.05) is 11.9 Å². The van der Waals surface area contributed by atoms with Gasteiger partial charge in [0.25, 0.3) is 17.1 Å². The van der Waals surface area contributed by atoms with E-state index >= 15 is 0 Å². The molecule has 0 unspecified atom stereocenters. The highest BCUT2D eigenvalue weighted by molar-refractivity contribution is 8.18. The van der Waals surface area contributed by atoms with Crippen LogP contribution in [-0.2, 0) is 9.59 Å². The number of carbonyl (C=O) groups is 3. The number of imide groups is 1. The number of halogens is 1. The van der Waals surface area contributed by atoms with Crippen LogP contribution in [0.5, 0.6) is 5.75 Å². The molecular weight excluding hydrogens is 407 g/mol. The number of hydrogen-bond donors (Lipinski definition) is 1. The molecule has 3 amide bonds. The molecule has 1 N–H and O–H groups in total. The predicted molar refractivity (Wildman–Crippen MR) is 115 cm³/mol. The largest absolute Gasteiger partial charge is 0.483 e. The van der Waals surface area contributed by atoms with Crippen molar-refractivity contribution in [2.45, 2.75) is 26.3 Å². The van der Waals surface area contributed by atoms with Crippen molar-refractivity contribution in [3.63, 3.8) is 0 Å². The highest BCUT2D eigenvalue weighted by Crippen LogP contribution is 2.35. The predicted octanol–water partition coefficient (Wildman–Crippen LogP) is 4.68. The zero-order valence-corrected chi connectivity index (χ0v) is 17.4. The molecule has 2 aromatic rings. The van der Waals surface area contributed by atoms with E-state index < -0.39 is 11.7 Å². The van der Waals surface area contributed by atoms with Crippen molar-refractivity contribution < 1.29 is 23.5 Å². The van der Waals surface area contributed by atoms with Crippen LogP contribution >= 0.6 is 11.8 Å². The number of nitrogens with one attached hydrogen (secondary N) is 1. The van der Waals surface area contributed by atoms with Crippen molar-refractivity contribution in [1.82, 2.24) is 4.90 Å². The lowest BCUT2D eigenvalue weighted by Gasteiger charge is -2.19. The van der Waals surface area contributed by atoms with Gasteiger partial charge in [-0.05, 0) is 61.5 Å². The minimum Gasteiger partial charge on any atom is -0.483 e. The second-order valence-electron chi connectivity index (χ2n) is 6.69. The number of ether oxygens (including phenoxy) is 1. The molecule has 8 heteroatoms. The van der Waals surface area contributed by atoms with Crippen LogP contribution in [0.1, 0.15) is 25.8 Å². The molecule has 156 valence electrons. The number of para-hydroxylation sites is 1. The first-order valence-electron chi connectivity index (χ1n) is 9.43. The topological polar surface area (TPSA) is 75.7 Å². The third-order valence-electron chi connectivity index (χ3n) is 4.55. The molecule has 1 aliphatic heterocycles. The third kappa shape index (κ3) is 5.07. The molecule has 1 saturated heterocycles. The number of carbonyl (C=O) groups excluding carboxylic acids is 3. The standard InChI is InChI=1S/C22H21FN2O4S/c1-3-14(2)25-21(27)19(30-22(25)28)12-15-6-4-5-7-18(15)29-13-20(26)24-17-10-8-16(23)9-11-17/h4-12,14H,3,13H2,1-2H3,(H,24,26)/b19-12+/t14-/m1/s1. The van der Waals surface area contributed by atoms with Crippen molar-refractivity contribution >= 4 is 40.6 Å². The van der Waals surface area contributed by atoms with Gasteiger partial charge in [0, 0.05) is 17.3 Å². The molecule has 3 rings (SSSR count). The molecule has 2 aromatic carbocycles. The molecule has 0 aromatic heterocycles. The monoisotopic (exact) mass is 428 g/mol. The van der Waals surface area contributed by atoms with Crippen LogP contribution in [0.4, 0.5) is 14.9 Å². The maximum absolute atomic E-state index is 13.0. The number of thioether (sulfide) groups is 1. The Labute approximate surface area is 178 Å². The molecule has 30 heavy (non-hydrogen) atoms. The number of nitrogens with zero attached hydrogens (tertiary/aromatic N) is 1. The number of benzene rings is 2. The number of amides is 3. The van der Waals surface area contributed by atoms with E-state index in [0.29, 0.717) is 28.3 Å². The van der Waals surface area contributed by atoms with Crippen molar-refractivity contribution in [2.24, 2.45) is 0 Å². The highest BCUT2D eigenvalue weighted by Gasteiger charge is 2.37. The van der Waals surface area contributed by atoms with Crippen LogP contribution in [0.15, 0.2) is 53.4 Å². The summed E-state index contributed by atoms with van der Waals surface area (Å²) < 4.78 is 18.6. The lowest BCUT2D eigenvalue weighted by Crippen LogP contribution is -2.36. The van der Waals surface area contributed by atoms with Gasteiger partial charge in [-0.15, -0.1) is 0 Å². The Hall–Kier alpha value is -3.13. The molecule has 1 atom stereocenters. The molecule has 0 radical (unpaired) electrons. The van der Waals surface area contributed by atoms with Crippen LogP contribution in [0.2, 0.25) is 0 Å². The fourth-order valence-corrected chi connectivity index (χ4v) is 3.71. The fourth-order valence-electron chi connectivity index (χ4n) is 2.79. The van der Waals surface area contributed by atoms with Gasteiger partial charge in [-0.1, -0.05) is 25.1 Å². The lowest BCUT2D eigenvalue weighted by atomic mass is 10.1. The summed E-state index contributed by atoms with van der Waals surface area (Å²) in [4.78, 5) is 38.5. The Morgan fingerprint density at radius 1 is 1.20 bits per heavy atom. The lowest BCUT2D eigenvalue weighted by molar-refractivity contribution is -0.124. The van der Waals surface area contributed by atoms with Gasteiger partial charge in [0.1, 0.15) is 11.6 Å². The van der Waals surface area contributed by atoms with E-state index in [2.05, 4.69) is 5.32 Å². The first-order chi connectivity index (χ1) is 14.4. The van der Waals surface area contributed by atoms with Gasteiger partial charge >= 0.3 is 0 Å². The van der Waals surface area contributed by atoms with E-state index in [0.717, 1.165) is 11.8 Å². The Morgan fingerprint density at radius 2 is 1.90 bits per heavy atom. The summed E-state index contributed by atoms with van der Waals surface area (Å²) in [6.45, 7) is 3.48. The molecule has 0 bridgehead atoms. The number of anilines is 1. The van der Waals surface area contributed by atoms with Crippen LogP contribution < -0.4 is 10.1 Å². The summed E-state index contributed by atoms with van der Waals surface area (Å²) in [7, 11) is 0. The first kappa shape index (κ1) is 21.6. The van der Waals surface area contributed by atoms with E-state index in [1.807, 2.05) is 13.8 Å². The van der Waals surface area contributed by atoms with Gasteiger partial charge in [0.2, 0.25) is 0 Å². The van der Waals surface area contributed by atoms with Crippen LogP contribution in [-0.4, -0.2) is 34.6 Å². The second kappa shape index (κ2) is 9.58. The molecule has 0 saturated carbocycles. The highest BCUT2D eigenvalue weighted by atomic mass is 32.2. The van der Waals surface area contributed by atoms with Gasteiger partial charge in [-0.3, -0.25) is 19.3 Å². The fraction of sp³-hybridized carbons (Fsp3) is 0.227. The number of rotatable bonds is 7. The Balaban J connectivity index is 1.69. The van der Waals surface area contributed by atoms with Gasteiger partial charge in [-0.25, -0.2) is 4.39 Å². The Bertz CT molecular complexity index is 991. The number of hydrogen-bond acceptors (Lipinski definition) is 5. The summed E-state index contributed by atoms with van der Waals surface area (Å²) >= 11 is 0.889. The zero-order valence-electron chi connectivity index (χ0n) is 16.6. The summed E-state index contributed by atoms with van der Waals surface area (Å²) in [5.74, 6) is -0.727. The Kier molecular flexibility index (Phi) is 6.89. The van der Waals surface area contributed by atoms with Gasteiger partial charge in [-0.2, -0.15) is 0 Å². The second-order valence-corrected chi connectivity index (χ2v) is 7.68. The van der Waals surface area contributed by atoms with Crippen molar-refractivity contribution in [3.8, 4) is 5.75 Å². The minimum atomic E-state index is -0.409. The molecular formula is C22H21FN2O4S. The molecule has 6 nitrogen and oxygen atoms in total. The first-order valence-corrected chi connectivity index (χ1v) is 10.2. The zero-order chi connectivity index (χ0) is 21.7. The Morgan fingerprint density at radius 3 is 2.60 bits per heavy atom. The molecule has 1 heterocycles. The van der Waals surface area contributed by atoms with E-state index in [1.165, 1.54) is 29.2 Å². The molecule has 0 spiro atoms. The van der Waals surface area contributed by atoms with Gasteiger partial charge in [0.15, 0.2) is 6.61 Å². The summed E-state index contributed by atoms with van der Waals surface area (Å²) in [5.41, 5.74) is 1.04. The molecule has 1 fully saturated rings. The van der Waals surface area contributed by atoms with Crippen LogP contribution in [0.25, 0.3) is 6.08 Å². The van der Waals surface area contributed by atoms with Gasteiger partial charge < -0.3 is 10.1 Å². The van der Waals surface area contributed by atoms with Gasteiger partial charge in [0.05, 0.1) is 4.91 Å². The normalized spacial score (nSPS) is 16.1. The van der Waals surface area contributed by atoms with E-state index in [1.54, 1.807) is 30.3 Å². The van der Waals surface area contributed by atoms with Crippen LogP contribution in [0, 0.1) is 5.82 Å². The van der Waals surface area contributed by atoms with E-state index in [-0.39, 0.29) is 23.8 Å². The van der Waals surface area contributed by atoms with Crippen molar-refractivity contribution in [3.05, 3.63) is 64.8 Å².